The van der Waals surface area contributed by atoms with Crippen molar-refractivity contribution in [3.05, 3.63) is 12.7 Å². The minimum absolute atomic E-state index is 0. The Kier molecular flexibility index (Phi) is 31.1. The van der Waals surface area contributed by atoms with Gasteiger partial charge >= 0.3 is 0 Å². The quantitative estimate of drug-likeness (QED) is 0.462. The summed E-state index contributed by atoms with van der Waals surface area (Å²) in [5.74, 6) is 1.79. The van der Waals surface area contributed by atoms with E-state index >= 15 is 0 Å². The number of allylic oxidation sites excluding steroid dienone is 1. The van der Waals surface area contributed by atoms with Crippen LogP contribution >= 0.6 is 0 Å². The first-order valence-electron chi connectivity index (χ1n) is 5.45. The highest BCUT2D eigenvalue weighted by Gasteiger charge is 2.17. The number of hydrogen-bond acceptors (Lipinski definition) is 0. The highest BCUT2D eigenvalue weighted by atomic mass is 14.2. The number of hydrogen-bond donors (Lipinski definition) is 0. The lowest BCUT2D eigenvalue weighted by Crippen LogP contribution is -1.86. The van der Waals surface area contributed by atoms with E-state index in [2.05, 4.69) is 19.6 Å². The topological polar surface area (TPSA) is 0 Å². The molecular weight excluding hydrogens is 168 g/mol. The molecule has 0 spiro atoms. The summed E-state index contributed by atoms with van der Waals surface area (Å²) in [6.45, 7) is 14.1. The van der Waals surface area contributed by atoms with Crippen molar-refractivity contribution in [3.8, 4) is 0 Å². The van der Waals surface area contributed by atoms with Crippen molar-refractivity contribution < 1.29 is 0 Å². The monoisotopic (exact) mass is 202 g/mol. The Morgan fingerprint density at radius 1 is 1.00 bits per heavy atom. The molecule has 1 aliphatic rings. The van der Waals surface area contributed by atoms with Gasteiger partial charge in [-0.3, -0.25) is 0 Å². The molecule has 1 fully saturated rings. The third kappa shape index (κ3) is 11.7. The first-order chi connectivity index (χ1) is 5.83. The Hall–Kier alpha value is -0.260. The summed E-state index contributed by atoms with van der Waals surface area (Å²) in [6, 6.07) is 0. The van der Waals surface area contributed by atoms with Crippen LogP contribution in [0.1, 0.15) is 68.7 Å². The average Bonchev–Trinajstić information content (AvgIpc) is 2.58. The van der Waals surface area contributed by atoms with Crippen molar-refractivity contribution >= 4 is 0 Å². The standard InChI is InChI=1S/C8H14.2C2H6.2CH4/c1-3-8-5-4-7(2)6-8;2*1-2;;/h3,7-8H,1,4-6H2,2H3;2*1-2H3;2*1H4/t7?,8-;;;;/m0..../s1. The lowest BCUT2D eigenvalue weighted by atomic mass is 10.1. The molecule has 1 rings (SSSR count). The van der Waals surface area contributed by atoms with Crippen LogP contribution in [0.5, 0.6) is 0 Å². The molecular formula is C14H34. The fourth-order valence-electron chi connectivity index (χ4n) is 1.47. The molecule has 1 aliphatic carbocycles. The third-order valence-electron chi connectivity index (χ3n) is 2.07. The van der Waals surface area contributed by atoms with E-state index in [4.69, 9.17) is 0 Å². The first-order valence-corrected chi connectivity index (χ1v) is 5.45. The van der Waals surface area contributed by atoms with Crippen LogP contribution in [0.2, 0.25) is 0 Å². The van der Waals surface area contributed by atoms with Gasteiger partial charge in [-0.15, -0.1) is 6.58 Å². The maximum absolute atomic E-state index is 3.78. The Morgan fingerprint density at radius 2 is 1.43 bits per heavy atom. The minimum atomic E-state index is 0. The lowest BCUT2D eigenvalue weighted by Gasteiger charge is -1.98. The average molecular weight is 202 g/mol. The van der Waals surface area contributed by atoms with Crippen LogP contribution in [0.4, 0.5) is 0 Å². The van der Waals surface area contributed by atoms with E-state index in [1.807, 2.05) is 27.7 Å². The van der Waals surface area contributed by atoms with E-state index in [-0.39, 0.29) is 14.9 Å². The predicted octanol–water partition coefficient (Wildman–Crippen LogP) is 5.93. The van der Waals surface area contributed by atoms with Gasteiger partial charge in [0.2, 0.25) is 0 Å². The molecule has 1 saturated carbocycles. The maximum Gasteiger partial charge on any atom is -0.0234 e. The zero-order valence-corrected chi connectivity index (χ0v) is 9.56. The molecule has 90 valence electrons. The highest BCUT2D eigenvalue weighted by molar-refractivity contribution is 4.85. The van der Waals surface area contributed by atoms with Crippen molar-refractivity contribution in [1.29, 1.82) is 0 Å². The summed E-state index contributed by atoms with van der Waals surface area (Å²) in [5, 5.41) is 0. The SMILES string of the molecule is C.C.C=C[C@H]1CCC(C)C1.CC.CC. The van der Waals surface area contributed by atoms with Crippen molar-refractivity contribution in [2.75, 3.05) is 0 Å². The molecule has 0 saturated heterocycles. The van der Waals surface area contributed by atoms with Crippen molar-refractivity contribution in [3.63, 3.8) is 0 Å². The molecule has 1 unspecified atom stereocenters. The van der Waals surface area contributed by atoms with Gasteiger partial charge < -0.3 is 0 Å². The predicted molar refractivity (Wildman–Crippen MR) is 72.9 cm³/mol. The Morgan fingerprint density at radius 3 is 1.57 bits per heavy atom. The van der Waals surface area contributed by atoms with Gasteiger partial charge in [0.1, 0.15) is 0 Å². The van der Waals surface area contributed by atoms with Crippen LogP contribution in [-0.4, -0.2) is 0 Å². The molecule has 0 heterocycles. The summed E-state index contributed by atoms with van der Waals surface area (Å²) >= 11 is 0. The molecule has 0 aliphatic heterocycles. The Bertz CT molecular complexity index is 84.0. The summed E-state index contributed by atoms with van der Waals surface area (Å²) in [6.07, 6.45) is 6.27. The van der Waals surface area contributed by atoms with Crippen LogP contribution in [0.25, 0.3) is 0 Å². The second-order valence-electron chi connectivity index (χ2n) is 2.91. The van der Waals surface area contributed by atoms with Gasteiger partial charge in [-0.2, -0.15) is 0 Å². The van der Waals surface area contributed by atoms with E-state index in [1.54, 1.807) is 0 Å². The van der Waals surface area contributed by atoms with Crippen LogP contribution in [0.3, 0.4) is 0 Å². The molecule has 2 atom stereocenters. The molecule has 0 aromatic rings. The van der Waals surface area contributed by atoms with Crippen LogP contribution in [0.15, 0.2) is 12.7 Å². The van der Waals surface area contributed by atoms with E-state index in [1.165, 1.54) is 19.3 Å². The van der Waals surface area contributed by atoms with Crippen molar-refractivity contribution in [1.82, 2.24) is 0 Å². The summed E-state index contributed by atoms with van der Waals surface area (Å²) < 4.78 is 0. The summed E-state index contributed by atoms with van der Waals surface area (Å²) in [7, 11) is 0. The normalized spacial score (nSPS) is 22.4. The van der Waals surface area contributed by atoms with Gasteiger partial charge in [-0.05, 0) is 24.7 Å². The first kappa shape index (κ1) is 23.5. The number of rotatable bonds is 1. The largest absolute Gasteiger partial charge is 0.103 e. The third-order valence-corrected chi connectivity index (χ3v) is 2.07. The van der Waals surface area contributed by atoms with E-state index in [0.717, 1.165) is 11.8 Å². The van der Waals surface area contributed by atoms with E-state index in [0.29, 0.717) is 0 Å². The summed E-state index contributed by atoms with van der Waals surface area (Å²) in [5.41, 5.74) is 0. The summed E-state index contributed by atoms with van der Waals surface area (Å²) in [4.78, 5) is 0. The van der Waals surface area contributed by atoms with Gasteiger partial charge in [0.15, 0.2) is 0 Å². The molecule has 0 bridgehead atoms. The lowest BCUT2D eigenvalue weighted by molar-refractivity contribution is 0.586. The molecule has 0 aromatic heterocycles. The Labute approximate surface area is 93.8 Å². The van der Waals surface area contributed by atoms with Gasteiger partial charge in [0.05, 0.1) is 0 Å². The van der Waals surface area contributed by atoms with E-state index in [9.17, 15) is 0 Å². The molecule has 0 amide bonds. The smallest absolute Gasteiger partial charge is 0.0234 e. The fourth-order valence-corrected chi connectivity index (χ4v) is 1.47. The highest BCUT2D eigenvalue weighted by Crippen LogP contribution is 2.30. The zero-order valence-electron chi connectivity index (χ0n) is 9.56. The van der Waals surface area contributed by atoms with Gasteiger partial charge in [-0.25, -0.2) is 0 Å². The second kappa shape index (κ2) is 18.5. The molecule has 0 radical (unpaired) electrons. The van der Waals surface area contributed by atoms with Crippen molar-refractivity contribution in [2.45, 2.75) is 68.7 Å². The fraction of sp³-hybridized carbons (Fsp3) is 0.857. The molecule has 14 heavy (non-hydrogen) atoms. The van der Waals surface area contributed by atoms with Crippen LogP contribution in [-0.2, 0) is 0 Å². The van der Waals surface area contributed by atoms with Crippen molar-refractivity contribution in [2.24, 2.45) is 11.8 Å². The molecule has 0 nitrogen and oxygen atoms in total. The molecule has 0 aromatic carbocycles. The molecule has 0 N–H and O–H groups in total. The van der Waals surface area contributed by atoms with Gasteiger partial charge in [0.25, 0.3) is 0 Å². The second-order valence-corrected chi connectivity index (χ2v) is 2.91. The molecule has 0 heteroatoms. The minimum Gasteiger partial charge on any atom is -0.103 e. The van der Waals surface area contributed by atoms with E-state index < -0.39 is 0 Å². The van der Waals surface area contributed by atoms with Gasteiger partial charge in [-0.1, -0.05) is 62.0 Å². The zero-order chi connectivity index (χ0) is 9.98. The van der Waals surface area contributed by atoms with Crippen LogP contribution < -0.4 is 0 Å². The van der Waals surface area contributed by atoms with Gasteiger partial charge in [0, 0.05) is 0 Å². The Balaban J connectivity index is -0.0000000750. The maximum atomic E-state index is 3.78. The van der Waals surface area contributed by atoms with Crippen LogP contribution in [0, 0.1) is 11.8 Å².